The maximum atomic E-state index is 12.6. The van der Waals surface area contributed by atoms with Crippen molar-refractivity contribution in [3.8, 4) is 5.75 Å². The van der Waals surface area contributed by atoms with E-state index in [0.717, 1.165) is 49.1 Å². The number of benzene rings is 2. The number of allylic oxidation sites excluding steroid dienone is 1. The van der Waals surface area contributed by atoms with Gasteiger partial charge in [0.25, 0.3) is 0 Å². The highest BCUT2D eigenvalue weighted by atomic mass is 16.5. The number of carbonyl (C=O) groups excluding carboxylic acids is 2. The van der Waals surface area contributed by atoms with Crippen molar-refractivity contribution in [2.24, 2.45) is 11.8 Å². The molecule has 0 heterocycles. The maximum absolute atomic E-state index is 12.6. The van der Waals surface area contributed by atoms with Gasteiger partial charge in [0.2, 0.25) is 0 Å². The van der Waals surface area contributed by atoms with Gasteiger partial charge in [-0.05, 0) is 92.0 Å². The van der Waals surface area contributed by atoms with Crippen LogP contribution in [0.25, 0.3) is 6.08 Å². The number of hydrogen-bond donors (Lipinski definition) is 2. The second-order valence-corrected chi connectivity index (χ2v) is 9.54. The molecule has 6 nitrogen and oxygen atoms in total. The number of nitrogen functional groups attached to an aromatic ring is 2. The molecule has 0 saturated heterocycles. The Bertz CT molecular complexity index is 1020. The van der Waals surface area contributed by atoms with Gasteiger partial charge >= 0.3 is 11.9 Å². The van der Waals surface area contributed by atoms with Gasteiger partial charge in [0.05, 0.1) is 12.5 Å². The first-order valence-corrected chi connectivity index (χ1v) is 12.9. The number of ether oxygens (including phenoxy) is 2. The second-order valence-electron chi connectivity index (χ2n) is 9.54. The molecule has 1 saturated carbocycles. The normalized spacial score (nSPS) is 17.6. The van der Waals surface area contributed by atoms with E-state index in [-0.39, 0.29) is 18.5 Å². The molecular formula is C30H38N2O4. The Hall–Kier alpha value is -3.54. The molecule has 1 fully saturated rings. The molecule has 2 aromatic rings. The summed E-state index contributed by atoms with van der Waals surface area (Å²) in [6, 6.07) is 12.4. The van der Waals surface area contributed by atoms with E-state index in [0.29, 0.717) is 23.5 Å². The highest BCUT2D eigenvalue weighted by molar-refractivity contribution is 5.87. The molecular weight excluding hydrogens is 452 g/mol. The van der Waals surface area contributed by atoms with Crippen molar-refractivity contribution in [3.63, 3.8) is 0 Å². The predicted molar refractivity (Wildman–Crippen MR) is 145 cm³/mol. The third kappa shape index (κ3) is 9.25. The Balaban J connectivity index is 1.37. The molecule has 0 aliphatic heterocycles. The van der Waals surface area contributed by atoms with Gasteiger partial charge in [0.1, 0.15) is 5.75 Å². The maximum Gasteiger partial charge on any atom is 0.330 e. The summed E-state index contributed by atoms with van der Waals surface area (Å²) in [6.07, 6.45) is 14.3. The average Bonchev–Trinajstić information content (AvgIpc) is 2.86. The number of anilines is 2. The largest absolute Gasteiger partial charge is 0.462 e. The molecule has 0 bridgehead atoms. The number of unbranched alkanes of at least 4 members (excludes halogenated alkanes) is 2. The van der Waals surface area contributed by atoms with Crippen molar-refractivity contribution in [1.82, 2.24) is 0 Å². The van der Waals surface area contributed by atoms with Crippen molar-refractivity contribution >= 4 is 29.4 Å². The van der Waals surface area contributed by atoms with Crippen LogP contribution in [-0.4, -0.2) is 18.5 Å². The molecule has 0 amide bonds. The van der Waals surface area contributed by atoms with Gasteiger partial charge in [-0.3, -0.25) is 4.79 Å². The van der Waals surface area contributed by atoms with E-state index >= 15 is 0 Å². The minimum atomic E-state index is -0.432. The monoisotopic (exact) mass is 490 g/mol. The lowest BCUT2D eigenvalue weighted by molar-refractivity contribution is -0.140. The van der Waals surface area contributed by atoms with Crippen LogP contribution in [0, 0.1) is 11.8 Å². The molecule has 2 aromatic carbocycles. The van der Waals surface area contributed by atoms with Crippen molar-refractivity contribution in [2.45, 2.75) is 57.8 Å². The van der Waals surface area contributed by atoms with Crippen LogP contribution in [0.5, 0.6) is 5.75 Å². The quantitative estimate of drug-likeness (QED) is 0.0929. The topological polar surface area (TPSA) is 105 Å². The molecule has 1 aliphatic rings. The van der Waals surface area contributed by atoms with Crippen LogP contribution in [-0.2, 0) is 20.7 Å². The Morgan fingerprint density at radius 1 is 0.972 bits per heavy atom. The zero-order valence-electron chi connectivity index (χ0n) is 21.0. The van der Waals surface area contributed by atoms with E-state index in [4.69, 9.17) is 20.9 Å². The first kappa shape index (κ1) is 27.1. The summed E-state index contributed by atoms with van der Waals surface area (Å²) < 4.78 is 10.9. The molecule has 0 radical (unpaired) electrons. The Labute approximate surface area is 214 Å². The summed E-state index contributed by atoms with van der Waals surface area (Å²) in [5.74, 6) is 0.653. The second kappa shape index (κ2) is 14.1. The van der Waals surface area contributed by atoms with Crippen molar-refractivity contribution in [3.05, 3.63) is 72.3 Å². The standard InChI is InChI=1S/C30H38N2O4/c1-2-3-4-5-6-22-7-12-25(13-8-22)30(34)36-28-14-9-23(10-15-28)11-16-29(33)35-18-17-24-19-26(31)21-27(32)20-24/h2,9-11,14-16,19-22,25H,1,3-8,12-13,17-18,31-32H2. The van der Waals surface area contributed by atoms with Crippen LogP contribution in [0.15, 0.2) is 61.2 Å². The molecule has 4 N–H and O–H groups in total. The van der Waals surface area contributed by atoms with Crippen LogP contribution >= 0.6 is 0 Å². The summed E-state index contributed by atoms with van der Waals surface area (Å²) in [6.45, 7) is 4.01. The van der Waals surface area contributed by atoms with Crippen LogP contribution < -0.4 is 16.2 Å². The zero-order chi connectivity index (χ0) is 25.8. The molecule has 0 aromatic heterocycles. The zero-order valence-corrected chi connectivity index (χ0v) is 21.0. The summed E-state index contributed by atoms with van der Waals surface area (Å²) >= 11 is 0. The molecule has 0 unspecified atom stereocenters. The molecule has 6 heteroatoms. The number of esters is 2. The minimum Gasteiger partial charge on any atom is -0.462 e. The van der Waals surface area contributed by atoms with Crippen molar-refractivity contribution in [2.75, 3.05) is 18.1 Å². The smallest absolute Gasteiger partial charge is 0.330 e. The lowest BCUT2D eigenvalue weighted by atomic mass is 9.80. The lowest BCUT2D eigenvalue weighted by Gasteiger charge is -2.27. The van der Waals surface area contributed by atoms with E-state index in [2.05, 4.69) is 6.58 Å². The molecule has 36 heavy (non-hydrogen) atoms. The number of nitrogens with two attached hydrogens (primary N) is 2. The summed E-state index contributed by atoms with van der Waals surface area (Å²) in [5, 5.41) is 0. The first-order valence-electron chi connectivity index (χ1n) is 12.9. The third-order valence-corrected chi connectivity index (χ3v) is 6.63. The highest BCUT2D eigenvalue weighted by Gasteiger charge is 2.27. The van der Waals surface area contributed by atoms with Gasteiger partial charge in [-0.1, -0.05) is 31.1 Å². The highest BCUT2D eigenvalue weighted by Crippen LogP contribution is 2.33. The van der Waals surface area contributed by atoms with Gasteiger partial charge in [-0.25, -0.2) is 4.79 Å². The lowest BCUT2D eigenvalue weighted by Crippen LogP contribution is -2.25. The molecule has 0 atom stereocenters. The third-order valence-electron chi connectivity index (χ3n) is 6.63. The minimum absolute atomic E-state index is 0.0208. The van der Waals surface area contributed by atoms with E-state index in [1.54, 1.807) is 24.3 Å². The summed E-state index contributed by atoms with van der Waals surface area (Å²) in [4.78, 5) is 24.6. The van der Waals surface area contributed by atoms with Crippen LogP contribution in [0.3, 0.4) is 0 Å². The van der Waals surface area contributed by atoms with Crippen molar-refractivity contribution < 1.29 is 19.1 Å². The first-order chi connectivity index (χ1) is 17.4. The van der Waals surface area contributed by atoms with Crippen molar-refractivity contribution in [1.29, 1.82) is 0 Å². The summed E-state index contributed by atoms with van der Waals surface area (Å²) in [7, 11) is 0. The Morgan fingerprint density at radius 2 is 1.67 bits per heavy atom. The summed E-state index contributed by atoms with van der Waals surface area (Å²) in [5.41, 5.74) is 14.5. The van der Waals surface area contributed by atoms with Gasteiger partial charge in [0.15, 0.2) is 0 Å². The Morgan fingerprint density at radius 3 is 2.33 bits per heavy atom. The van der Waals surface area contributed by atoms with E-state index < -0.39 is 5.97 Å². The predicted octanol–water partition coefficient (Wildman–Crippen LogP) is 6.11. The van der Waals surface area contributed by atoms with Gasteiger partial charge in [-0.15, -0.1) is 6.58 Å². The van der Waals surface area contributed by atoms with Crippen LogP contribution in [0.1, 0.15) is 62.5 Å². The Kier molecular flexibility index (Phi) is 10.6. The van der Waals surface area contributed by atoms with Crippen LogP contribution in [0.4, 0.5) is 11.4 Å². The number of carbonyl (C=O) groups is 2. The number of rotatable bonds is 12. The van der Waals surface area contributed by atoms with Gasteiger partial charge < -0.3 is 20.9 Å². The molecule has 1 aliphatic carbocycles. The average molecular weight is 491 g/mol. The number of hydrogen-bond acceptors (Lipinski definition) is 6. The SMILES string of the molecule is C=CCCCCC1CCC(C(=O)Oc2ccc(C=CC(=O)OCCc3cc(N)cc(N)c3)cc2)CC1. The molecule has 192 valence electrons. The van der Waals surface area contributed by atoms with Gasteiger partial charge in [0, 0.05) is 23.9 Å². The van der Waals surface area contributed by atoms with E-state index in [1.807, 2.05) is 30.3 Å². The fourth-order valence-corrected chi connectivity index (χ4v) is 4.63. The van der Waals surface area contributed by atoms with E-state index in [9.17, 15) is 9.59 Å². The fraction of sp³-hybridized carbons (Fsp3) is 0.400. The van der Waals surface area contributed by atoms with Crippen LogP contribution in [0.2, 0.25) is 0 Å². The van der Waals surface area contributed by atoms with Gasteiger partial charge in [-0.2, -0.15) is 0 Å². The van der Waals surface area contributed by atoms with E-state index in [1.165, 1.54) is 25.3 Å². The fourth-order valence-electron chi connectivity index (χ4n) is 4.63. The molecule has 0 spiro atoms. The molecule has 3 rings (SSSR count).